The molecule has 0 radical (unpaired) electrons. The highest BCUT2D eigenvalue weighted by molar-refractivity contribution is 6.32. The topological polar surface area (TPSA) is 103 Å². The number of imidazole rings is 1. The molecule has 0 saturated carbocycles. The summed E-state index contributed by atoms with van der Waals surface area (Å²) in [5.41, 5.74) is 2.64. The average molecular weight is 645 g/mol. The molecule has 2 aromatic carbocycles. The van der Waals surface area contributed by atoms with E-state index >= 15 is 0 Å². The number of nitrogens with zero attached hydrogens (tertiary/aromatic N) is 3. The van der Waals surface area contributed by atoms with Gasteiger partial charge in [-0.15, -0.1) is 12.4 Å². The van der Waals surface area contributed by atoms with Crippen LogP contribution in [0.1, 0.15) is 32.5 Å². The number of phenolic OH excluding ortho intramolecular Hbond substituents is 1. The number of benzene rings is 2. The van der Waals surface area contributed by atoms with Crippen LogP contribution >= 0.6 is 35.6 Å². The molecular weight excluding hydrogens is 609 g/mol. The lowest BCUT2D eigenvalue weighted by atomic mass is 9.91. The number of carbonyl (C=O) groups excluding carboxylic acids is 1. The average Bonchev–Trinajstić information content (AvgIpc) is 3.46. The predicted octanol–water partition coefficient (Wildman–Crippen LogP) is 6.76. The molecule has 0 spiro atoms. The van der Waals surface area contributed by atoms with Gasteiger partial charge in [-0.05, 0) is 67.9 Å². The number of aromatic amines is 1. The molecule has 0 bridgehead atoms. The first-order chi connectivity index (χ1) is 20.2. The number of halogens is 3. The Hall–Kier alpha value is -3.30. The first kappa shape index (κ1) is 32.6. The molecule has 5 rings (SSSR count). The van der Waals surface area contributed by atoms with Crippen LogP contribution in [0, 0.1) is 5.92 Å². The number of ether oxygens (including phenoxy) is 1. The van der Waals surface area contributed by atoms with Gasteiger partial charge in [0.25, 0.3) is 0 Å². The standard InChI is InChI=1S/C32H35Cl2N5O3.ClH/c1-32(2,20-36-30(41)23-4-3-15-39(19-23)16-17-42-25-8-6-24(33)7-9-25)31-37-28(21-11-13-35-14-12-21)29(38-31)22-5-10-26(34)27(40)18-22;/h5-14,18,23,40H,3-4,15-17,19-20H2,1-2H3,(H,36,41)(H,37,38);1H/t23-;/m1./s1. The van der Waals surface area contributed by atoms with E-state index in [1.54, 1.807) is 24.5 Å². The third-order valence-corrected chi connectivity index (χ3v) is 8.18. The van der Waals surface area contributed by atoms with Crippen molar-refractivity contribution in [3.05, 3.63) is 82.9 Å². The van der Waals surface area contributed by atoms with Crippen molar-refractivity contribution in [2.45, 2.75) is 32.1 Å². The van der Waals surface area contributed by atoms with E-state index in [2.05, 4.69) is 20.2 Å². The van der Waals surface area contributed by atoms with E-state index in [1.807, 2.05) is 56.3 Å². The fourth-order valence-corrected chi connectivity index (χ4v) is 5.37. The summed E-state index contributed by atoms with van der Waals surface area (Å²) >= 11 is 12.0. The second-order valence-corrected chi connectivity index (χ2v) is 12.1. The van der Waals surface area contributed by atoms with E-state index < -0.39 is 5.41 Å². The maximum absolute atomic E-state index is 13.3. The van der Waals surface area contributed by atoms with Crippen LogP contribution in [0.4, 0.5) is 0 Å². The summed E-state index contributed by atoms with van der Waals surface area (Å²) < 4.78 is 5.85. The fourth-order valence-electron chi connectivity index (χ4n) is 5.12. The largest absolute Gasteiger partial charge is 0.506 e. The number of aromatic hydroxyl groups is 1. The molecule has 1 saturated heterocycles. The number of aromatic nitrogens is 3. The Morgan fingerprint density at radius 2 is 1.86 bits per heavy atom. The molecule has 43 heavy (non-hydrogen) atoms. The third-order valence-electron chi connectivity index (χ3n) is 7.60. The smallest absolute Gasteiger partial charge is 0.224 e. The minimum atomic E-state index is -0.495. The van der Waals surface area contributed by atoms with Gasteiger partial charge in [-0.25, -0.2) is 4.98 Å². The van der Waals surface area contributed by atoms with E-state index in [0.29, 0.717) is 30.4 Å². The Morgan fingerprint density at radius 1 is 1.12 bits per heavy atom. The van der Waals surface area contributed by atoms with Gasteiger partial charge in [0.05, 0.1) is 22.3 Å². The summed E-state index contributed by atoms with van der Waals surface area (Å²) in [7, 11) is 0. The lowest BCUT2D eigenvalue weighted by Crippen LogP contribution is -2.46. The van der Waals surface area contributed by atoms with Gasteiger partial charge in [0.2, 0.25) is 5.91 Å². The zero-order valence-corrected chi connectivity index (χ0v) is 26.5. The molecule has 4 aromatic rings. The van der Waals surface area contributed by atoms with Crippen LogP contribution in [0.3, 0.4) is 0 Å². The molecule has 11 heteroatoms. The molecular formula is C32H36Cl3N5O3. The van der Waals surface area contributed by atoms with Crippen molar-refractivity contribution in [2.24, 2.45) is 5.92 Å². The van der Waals surface area contributed by atoms with Crippen molar-refractivity contribution in [3.8, 4) is 34.0 Å². The Morgan fingerprint density at radius 3 is 2.58 bits per heavy atom. The van der Waals surface area contributed by atoms with Gasteiger partial charge < -0.3 is 20.1 Å². The van der Waals surface area contributed by atoms with Crippen molar-refractivity contribution >= 4 is 41.5 Å². The molecule has 228 valence electrons. The van der Waals surface area contributed by atoms with Gasteiger partial charge >= 0.3 is 0 Å². The van der Waals surface area contributed by atoms with E-state index in [9.17, 15) is 9.90 Å². The van der Waals surface area contributed by atoms with Crippen LogP contribution in [0.5, 0.6) is 11.5 Å². The van der Waals surface area contributed by atoms with Crippen molar-refractivity contribution < 1.29 is 14.6 Å². The van der Waals surface area contributed by atoms with Gasteiger partial charge in [-0.3, -0.25) is 14.7 Å². The Balaban J connectivity index is 0.00000423. The molecule has 8 nitrogen and oxygen atoms in total. The minimum Gasteiger partial charge on any atom is -0.506 e. The fraction of sp³-hybridized carbons (Fsp3) is 0.344. The number of piperidine rings is 1. The van der Waals surface area contributed by atoms with Gasteiger partial charge in [0.1, 0.15) is 23.9 Å². The maximum Gasteiger partial charge on any atom is 0.224 e. The monoisotopic (exact) mass is 643 g/mol. The molecule has 0 aliphatic carbocycles. The van der Waals surface area contributed by atoms with Crippen molar-refractivity contribution in [1.29, 1.82) is 0 Å². The Kier molecular flexibility index (Phi) is 11.0. The number of H-pyrrole nitrogens is 1. The van der Waals surface area contributed by atoms with Crippen LogP contribution in [0.2, 0.25) is 10.0 Å². The molecule has 1 aliphatic rings. The van der Waals surface area contributed by atoms with Crippen LogP contribution in [0.15, 0.2) is 67.0 Å². The maximum atomic E-state index is 13.3. The SMILES string of the molecule is CC(C)(CNC(=O)[C@@H]1CCCN(CCOc2ccc(Cl)cc2)C1)c1nc(-c2ccc(Cl)c(O)c2)c(-c2ccncc2)[nH]1.Cl. The summed E-state index contributed by atoms with van der Waals surface area (Å²) in [5.74, 6) is 1.47. The van der Waals surface area contributed by atoms with Gasteiger partial charge in [0, 0.05) is 53.6 Å². The van der Waals surface area contributed by atoms with Crippen molar-refractivity contribution in [1.82, 2.24) is 25.2 Å². The molecule has 2 aromatic heterocycles. The second kappa shape index (κ2) is 14.4. The first-order valence-electron chi connectivity index (χ1n) is 14.1. The lowest BCUT2D eigenvalue weighted by molar-refractivity contribution is -0.127. The van der Waals surface area contributed by atoms with E-state index in [0.717, 1.165) is 54.3 Å². The third kappa shape index (κ3) is 8.21. The summed E-state index contributed by atoms with van der Waals surface area (Å²) in [6.45, 7) is 7.47. The minimum absolute atomic E-state index is 0. The van der Waals surface area contributed by atoms with Crippen LogP contribution in [0.25, 0.3) is 22.5 Å². The number of carbonyl (C=O) groups is 1. The Bertz CT molecular complexity index is 1510. The van der Waals surface area contributed by atoms with Crippen LogP contribution < -0.4 is 10.1 Å². The lowest BCUT2D eigenvalue weighted by Gasteiger charge is -2.32. The first-order valence-corrected chi connectivity index (χ1v) is 14.8. The van der Waals surface area contributed by atoms with E-state index in [4.69, 9.17) is 32.9 Å². The number of rotatable bonds is 10. The quantitative estimate of drug-likeness (QED) is 0.176. The normalized spacial score (nSPS) is 15.5. The zero-order chi connectivity index (χ0) is 29.7. The van der Waals surface area contributed by atoms with Gasteiger partial charge in [-0.1, -0.05) is 43.1 Å². The molecule has 1 amide bonds. The summed E-state index contributed by atoms with van der Waals surface area (Å²) in [6.07, 6.45) is 5.27. The Labute approximate surface area is 268 Å². The van der Waals surface area contributed by atoms with Gasteiger partial charge in [-0.2, -0.15) is 0 Å². The second-order valence-electron chi connectivity index (χ2n) is 11.3. The molecule has 1 aliphatic heterocycles. The number of nitrogens with one attached hydrogen (secondary N) is 2. The number of likely N-dealkylation sites (tertiary alicyclic amines) is 1. The molecule has 0 unspecified atom stereocenters. The number of amides is 1. The summed E-state index contributed by atoms with van der Waals surface area (Å²) in [5, 5.41) is 14.4. The number of hydrogen-bond acceptors (Lipinski definition) is 6. The molecule has 3 N–H and O–H groups in total. The van der Waals surface area contributed by atoms with Crippen LogP contribution in [-0.2, 0) is 10.2 Å². The summed E-state index contributed by atoms with van der Waals surface area (Å²) in [4.78, 5) is 28.1. The highest BCUT2D eigenvalue weighted by Gasteiger charge is 2.31. The zero-order valence-electron chi connectivity index (χ0n) is 24.1. The van der Waals surface area contributed by atoms with E-state index in [-0.39, 0.29) is 35.0 Å². The number of hydrogen-bond donors (Lipinski definition) is 3. The predicted molar refractivity (Wildman–Crippen MR) is 173 cm³/mol. The highest BCUT2D eigenvalue weighted by atomic mass is 35.5. The van der Waals surface area contributed by atoms with E-state index in [1.165, 1.54) is 0 Å². The summed E-state index contributed by atoms with van der Waals surface area (Å²) in [6, 6.07) is 16.2. The van der Waals surface area contributed by atoms with Crippen molar-refractivity contribution in [3.63, 3.8) is 0 Å². The number of phenols is 1. The molecule has 3 heterocycles. The number of pyridine rings is 1. The molecule has 1 fully saturated rings. The molecule has 1 atom stereocenters. The highest BCUT2D eigenvalue weighted by Crippen LogP contribution is 2.36. The van der Waals surface area contributed by atoms with Crippen molar-refractivity contribution in [2.75, 3.05) is 32.8 Å². The van der Waals surface area contributed by atoms with Crippen LogP contribution in [-0.4, -0.2) is 63.7 Å². The van der Waals surface area contributed by atoms with Gasteiger partial charge in [0.15, 0.2) is 0 Å².